The molecule has 0 N–H and O–H groups in total. The van der Waals surface area contributed by atoms with Gasteiger partial charge in [0.25, 0.3) is 0 Å². The first-order chi connectivity index (χ1) is 11.2. The molecule has 2 aliphatic heterocycles. The third kappa shape index (κ3) is 2.72. The molecule has 0 saturated carbocycles. The third-order valence-electron chi connectivity index (χ3n) is 5.21. The predicted octanol–water partition coefficient (Wildman–Crippen LogP) is 4.40. The van der Waals surface area contributed by atoms with Gasteiger partial charge in [-0.2, -0.15) is 0 Å². The van der Waals surface area contributed by atoms with Gasteiger partial charge in [0.05, 0.1) is 17.4 Å². The van der Waals surface area contributed by atoms with E-state index >= 15 is 0 Å². The number of para-hydroxylation sites is 3. The van der Waals surface area contributed by atoms with Crippen molar-refractivity contribution in [2.45, 2.75) is 19.4 Å². The Kier molecular flexibility index (Phi) is 4.88. The van der Waals surface area contributed by atoms with Crippen LogP contribution in [0.25, 0.3) is 0 Å². The van der Waals surface area contributed by atoms with Crippen LogP contribution in [-0.4, -0.2) is 38.6 Å². The topological polar surface area (TPSA) is 9.72 Å². The predicted molar refractivity (Wildman–Crippen MR) is 108 cm³/mol. The van der Waals surface area contributed by atoms with Crippen molar-refractivity contribution in [2.24, 2.45) is 0 Å². The van der Waals surface area contributed by atoms with Crippen molar-refractivity contribution in [2.75, 3.05) is 43.5 Å². The maximum Gasteiger partial charge on any atom is 0.0649 e. The molecule has 128 valence electrons. The number of rotatable bonds is 3. The van der Waals surface area contributed by atoms with Crippen LogP contribution in [0, 0.1) is 0 Å². The second-order valence-corrected chi connectivity index (χ2v) is 6.92. The smallest absolute Gasteiger partial charge is 0.0649 e. The molecule has 2 aromatic carbocycles. The fourth-order valence-electron chi connectivity index (χ4n) is 4.00. The van der Waals surface area contributed by atoms with Crippen LogP contribution >= 0.6 is 17.0 Å². The van der Waals surface area contributed by atoms with Crippen LogP contribution in [-0.2, 0) is 6.42 Å². The number of halogens is 1. The Morgan fingerprint density at radius 1 is 1.04 bits per heavy atom. The molecule has 0 aliphatic carbocycles. The lowest BCUT2D eigenvalue weighted by Gasteiger charge is -2.32. The van der Waals surface area contributed by atoms with Gasteiger partial charge in [0.2, 0.25) is 0 Å². The summed E-state index contributed by atoms with van der Waals surface area (Å²) < 4.78 is 0. The highest BCUT2D eigenvalue weighted by atomic mass is 79.9. The Bertz CT molecular complexity index is 729. The van der Waals surface area contributed by atoms with Crippen molar-refractivity contribution in [3.05, 3.63) is 53.6 Å². The highest BCUT2D eigenvalue weighted by Crippen LogP contribution is 2.48. The summed E-state index contributed by atoms with van der Waals surface area (Å²) >= 11 is 0. The Hall–Kier alpha value is -1.52. The van der Waals surface area contributed by atoms with Gasteiger partial charge in [-0.3, -0.25) is 0 Å². The first-order valence-electron chi connectivity index (χ1n) is 8.56. The molecule has 24 heavy (non-hydrogen) atoms. The summed E-state index contributed by atoms with van der Waals surface area (Å²) in [6, 6.07) is 16.1. The lowest BCUT2D eigenvalue weighted by atomic mass is 10.0. The standard InChI is InChI=1S/C20H25N3.BrH/c1-15-17-8-6-7-16-11-12-23(20(16)17)19-10-5-4-9-18(19)22(15)14-13-21(2)3;/h4-10,15H,11-14H2,1-3H3;1H. The molecule has 2 heterocycles. The lowest BCUT2D eigenvalue weighted by Crippen LogP contribution is -2.33. The van der Waals surface area contributed by atoms with Crippen LogP contribution in [0.4, 0.5) is 17.1 Å². The normalized spacial score (nSPS) is 18.1. The summed E-state index contributed by atoms with van der Waals surface area (Å²) in [4.78, 5) is 7.37. The summed E-state index contributed by atoms with van der Waals surface area (Å²) in [5.41, 5.74) is 7.15. The van der Waals surface area contributed by atoms with Gasteiger partial charge in [-0.1, -0.05) is 30.3 Å². The number of nitrogens with zero attached hydrogens (tertiary/aromatic N) is 3. The van der Waals surface area contributed by atoms with E-state index in [2.05, 4.69) is 78.2 Å². The average molecular weight is 388 g/mol. The van der Waals surface area contributed by atoms with Gasteiger partial charge in [0.15, 0.2) is 0 Å². The number of hydrogen-bond donors (Lipinski definition) is 0. The van der Waals surface area contributed by atoms with Crippen molar-refractivity contribution < 1.29 is 0 Å². The minimum absolute atomic E-state index is 0. The fourth-order valence-corrected chi connectivity index (χ4v) is 4.00. The van der Waals surface area contributed by atoms with E-state index in [1.165, 1.54) is 28.2 Å². The zero-order valence-corrected chi connectivity index (χ0v) is 16.4. The molecule has 3 nitrogen and oxygen atoms in total. The van der Waals surface area contributed by atoms with Gasteiger partial charge in [-0.05, 0) is 50.7 Å². The highest BCUT2D eigenvalue weighted by Gasteiger charge is 2.33. The summed E-state index contributed by atoms with van der Waals surface area (Å²) in [6.07, 6.45) is 1.15. The summed E-state index contributed by atoms with van der Waals surface area (Å²) in [5.74, 6) is 0. The van der Waals surface area contributed by atoms with Gasteiger partial charge in [0, 0.05) is 25.3 Å². The molecule has 0 radical (unpaired) electrons. The van der Waals surface area contributed by atoms with Crippen LogP contribution < -0.4 is 9.80 Å². The van der Waals surface area contributed by atoms with Crippen molar-refractivity contribution in [3.63, 3.8) is 0 Å². The Balaban J connectivity index is 0.00000169. The molecule has 4 heteroatoms. The number of anilines is 3. The van der Waals surface area contributed by atoms with Crippen molar-refractivity contribution in [3.8, 4) is 0 Å². The minimum atomic E-state index is 0. The SMILES string of the molecule is Br.CC1c2cccc3c2N(CC3)c2ccccc2N1CCN(C)C. The number of hydrogen-bond acceptors (Lipinski definition) is 3. The molecule has 1 atom stereocenters. The van der Waals surface area contributed by atoms with E-state index in [4.69, 9.17) is 0 Å². The highest BCUT2D eigenvalue weighted by molar-refractivity contribution is 8.93. The number of fused-ring (bicyclic) bond motifs is 2. The first-order valence-corrected chi connectivity index (χ1v) is 8.56. The second-order valence-electron chi connectivity index (χ2n) is 6.92. The van der Waals surface area contributed by atoms with E-state index in [1.54, 1.807) is 0 Å². The first kappa shape index (κ1) is 17.3. The van der Waals surface area contributed by atoms with Gasteiger partial charge in [0.1, 0.15) is 0 Å². The average Bonchev–Trinajstić information content (AvgIpc) is 2.94. The zero-order chi connectivity index (χ0) is 16.0. The monoisotopic (exact) mass is 387 g/mol. The lowest BCUT2D eigenvalue weighted by molar-refractivity contribution is 0.407. The van der Waals surface area contributed by atoms with E-state index in [9.17, 15) is 0 Å². The molecule has 0 fully saturated rings. The van der Waals surface area contributed by atoms with Crippen LogP contribution in [0.5, 0.6) is 0 Å². The van der Waals surface area contributed by atoms with Crippen molar-refractivity contribution in [1.29, 1.82) is 0 Å². The minimum Gasteiger partial charge on any atom is -0.362 e. The molecule has 0 saturated heterocycles. The van der Waals surface area contributed by atoms with E-state index in [1.807, 2.05) is 0 Å². The fraction of sp³-hybridized carbons (Fsp3) is 0.400. The van der Waals surface area contributed by atoms with Crippen LogP contribution in [0.15, 0.2) is 42.5 Å². The number of benzene rings is 2. The van der Waals surface area contributed by atoms with Crippen LogP contribution in [0.3, 0.4) is 0 Å². The van der Waals surface area contributed by atoms with Crippen LogP contribution in [0.2, 0.25) is 0 Å². The van der Waals surface area contributed by atoms with E-state index in [0.717, 1.165) is 26.1 Å². The molecule has 1 unspecified atom stereocenters. The maximum absolute atomic E-state index is 2.57. The second kappa shape index (κ2) is 6.77. The molecule has 2 aromatic rings. The van der Waals surface area contributed by atoms with Gasteiger partial charge < -0.3 is 14.7 Å². The maximum atomic E-state index is 2.57. The molecule has 2 aliphatic rings. The van der Waals surface area contributed by atoms with Crippen molar-refractivity contribution >= 4 is 34.0 Å². The summed E-state index contributed by atoms with van der Waals surface area (Å²) in [7, 11) is 4.30. The van der Waals surface area contributed by atoms with Crippen molar-refractivity contribution in [1.82, 2.24) is 4.90 Å². The molecule has 0 spiro atoms. The van der Waals surface area contributed by atoms with Gasteiger partial charge in [-0.15, -0.1) is 17.0 Å². The zero-order valence-electron chi connectivity index (χ0n) is 14.7. The molecular formula is C20H26BrN3. The molecule has 0 amide bonds. The van der Waals surface area contributed by atoms with Crippen LogP contribution in [0.1, 0.15) is 24.1 Å². The third-order valence-corrected chi connectivity index (χ3v) is 5.21. The van der Waals surface area contributed by atoms with E-state index in [-0.39, 0.29) is 17.0 Å². The number of likely N-dealkylation sites (N-methyl/N-ethyl adjacent to an activating group) is 1. The van der Waals surface area contributed by atoms with E-state index < -0.39 is 0 Å². The Morgan fingerprint density at radius 2 is 1.79 bits per heavy atom. The largest absolute Gasteiger partial charge is 0.362 e. The van der Waals surface area contributed by atoms with Gasteiger partial charge in [-0.25, -0.2) is 0 Å². The Labute approximate surface area is 155 Å². The van der Waals surface area contributed by atoms with Gasteiger partial charge >= 0.3 is 0 Å². The quantitative estimate of drug-likeness (QED) is 0.772. The molecular weight excluding hydrogens is 362 g/mol. The van der Waals surface area contributed by atoms with E-state index in [0.29, 0.717) is 6.04 Å². The summed E-state index contributed by atoms with van der Waals surface area (Å²) in [5, 5.41) is 0. The molecule has 0 aromatic heterocycles. The summed E-state index contributed by atoms with van der Waals surface area (Å²) in [6.45, 7) is 5.55. The Morgan fingerprint density at radius 3 is 2.54 bits per heavy atom. The molecule has 0 bridgehead atoms. The molecule has 4 rings (SSSR count).